The minimum absolute atomic E-state index is 0.0119. The van der Waals surface area contributed by atoms with Gasteiger partial charge < -0.3 is 20.6 Å². The number of pyridine rings is 1. The van der Waals surface area contributed by atoms with Crippen LogP contribution in [0.15, 0.2) is 12.3 Å². The molecule has 11 heteroatoms. The Labute approximate surface area is 219 Å². The van der Waals surface area contributed by atoms with E-state index in [2.05, 4.69) is 27.5 Å². The molecule has 2 fully saturated rings. The Morgan fingerprint density at radius 1 is 1.30 bits per heavy atom. The number of rotatable bonds is 10. The van der Waals surface area contributed by atoms with Crippen molar-refractivity contribution in [3.63, 3.8) is 0 Å². The molecule has 1 aliphatic heterocycles. The third kappa shape index (κ3) is 6.43. The van der Waals surface area contributed by atoms with Crippen LogP contribution in [0.3, 0.4) is 0 Å². The van der Waals surface area contributed by atoms with Gasteiger partial charge in [-0.05, 0) is 64.9 Å². The molecule has 3 heterocycles. The lowest BCUT2D eigenvalue weighted by Gasteiger charge is -2.21. The van der Waals surface area contributed by atoms with Crippen LogP contribution in [0.4, 0.5) is 14.6 Å². The number of hydrogen-bond acceptors (Lipinski definition) is 7. The highest BCUT2D eigenvalue weighted by atomic mass is 32.1. The predicted molar refractivity (Wildman–Crippen MR) is 139 cm³/mol. The summed E-state index contributed by atoms with van der Waals surface area (Å²) in [7, 11) is 0. The quantitative estimate of drug-likeness (QED) is 0.401. The van der Waals surface area contributed by atoms with Crippen molar-refractivity contribution in [2.75, 3.05) is 18.4 Å². The standard InChI is InChI=1S/C26H35F2N5O3S/c1-5-18(15-8-9-15)31-19-11-16(22(27)28)17(12-29-19)21-20(25(35)33-10-6-7-14(33)2)32-24(37-21)23(34)30-13-26(3,4)36/h11-12,14-15,18,22,36H,5-10,13H2,1-4H3,(H,29,31)(H,30,34). The first kappa shape index (κ1) is 27.4. The molecule has 3 N–H and O–H groups in total. The molecule has 37 heavy (non-hydrogen) atoms. The highest BCUT2D eigenvalue weighted by Crippen LogP contribution is 2.40. The smallest absolute Gasteiger partial charge is 0.280 e. The van der Waals surface area contributed by atoms with Crippen molar-refractivity contribution in [1.29, 1.82) is 0 Å². The van der Waals surface area contributed by atoms with Gasteiger partial charge >= 0.3 is 0 Å². The van der Waals surface area contributed by atoms with Gasteiger partial charge in [-0.2, -0.15) is 0 Å². The van der Waals surface area contributed by atoms with Crippen LogP contribution in [0.25, 0.3) is 10.4 Å². The van der Waals surface area contributed by atoms with Crippen molar-refractivity contribution >= 4 is 29.0 Å². The Balaban J connectivity index is 1.73. The second kappa shape index (κ2) is 11.0. The summed E-state index contributed by atoms with van der Waals surface area (Å²) in [5.41, 5.74) is -1.35. The van der Waals surface area contributed by atoms with Crippen LogP contribution in [0.5, 0.6) is 0 Å². The number of halogens is 2. The number of anilines is 1. The molecule has 0 radical (unpaired) electrons. The van der Waals surface area contributed by atoms with Crippen molar-refractivity contribution < 1.29 is 23.5 Å². The number of thiazole rings is 1. The van der Waals surface area contributed by atoms with Crippen LogP contribution >= 0.6 is 11.3 Å². The van der Waals surface area contributed by atoms with Gasteiger partial charge in [0, 0.05) is 42.5 Å². The molecular formula is C26H35F2N5O3S. The van der Waals surface area contributed by atoms with Gasteiger partial charge in [0.15, 0.2) is 5.01 Å². The highest BCUT2D eigenvalue weighted by molar-refractivity contribution is 7.17. The van der Waals surface area contributed by atoms with Crippen molar-refractivity contribution in [1.82, 2.24) is 20.2 Å². The molecule has 1 saturated heterocycles. The summed E-state index contributed by atoms with van der Waals surface area (Å²) in [4.78, 5) is 36.9. The van der Waals surface area contributed by atoms with Gasteiger partial charge in [-0.1, -0.05) is 6.92 Å². The highest BCUT2D eigenvalue weighted by Gasteiger charge is 2.34. The predicted octanol–water partition coefficient (Wildman–Crippen LogP) is 4.87. The SMILES string of the molecule is CCC(Nc1cc(C(F)F)c(-c2sc(C(=O)NCC(C)(C)O)nc2C(=O)N2CCCC2C)cn1)C1CC1. The van der Waals surface area contributed by atoms with E-state index in [1.807, 2.05) is 6.92 Å². The van der Waals surface area contributed by atoms with Gasteiger partial charge in [0.25, 0.3) is 18.2 Å². The monoisotopic (exact) mass is 535 g/mol. The number of amides is 2. The number of carbonyl (C=O) groups excluding carboxylic acids is 2. The first-order valence-corrected chi connectivity index (χ1v) is 13.7. The summed E-state index contributed by atoms with van der Waals surface area (Å²) in [5, 5.41) is 15.8. The average molecular weight is 536 g/mol. The summed E-state index contributed by atoms with van der Waals surface area (Å²) >= 11 is 0.884. The Hall–Kier alpha value is -2.66. The zero-order chi connectivity index (χ0) is 26.9. The summed E-state index contributed by atoms with van der Waals surface area (Å²) in [6.45, 7) is 7.60. The van der Waals surface area contributed by atoms with Crippen LogP contribution in [-0.4, -0.2) is 62.6 Å². The number of likely N-dealkylation sites (tertiary alicyclic amines) is 1. The molecule has 202 valence electrons. The Morgan fingerprint density at radius 2 is 2.03 bits per heavy atom. The van der Waals surface area contributed by atoms with Gasteiger partial charge in [-0.15, -0.1) is 11.3 Å². The second-order valence-electron chi connectivity index (χ2n) is 10.6. The number of nitrogens with one attached hydrogen (secondary N) is 2. The molecule has 0 bridgehead atoms. The molecule has 0 spiro atoms. The number of aromatic nitrogens is 2. The third-order valence-electron chi connectivity index (χ3n) is 6.90. The van der Waals surface area contributed by atoms with Crippen molar-refractivity contribution in [3.8, 4) is 10.4 Å². The van der Waals surface area contributed by atoms with E-state index in [-0.39, 0.29) is 51.2 Å². The number of aliphatic hydroxyl groups is 1. The minimum atomic E-state index is -2.82. The zero-order valence-electron chi connectivity index (χ0n) is 21.7. The second-order valence-corrected chi connectivity index (χ2v) is 11.6. The minimum Gasteiger partial charge on any atom is -0.389 e. The summed E-state index contributed by atoms with van der Waals surface area (Å²) in [6, 6.07) is 1.50. The fraction of sp³-hybridized carbons (Fsp3) is 0.615. The molecule has 1 saturated carbocycles. The van der Waals surface area contributed by atoms with Gasteiger partial charge in [0.1, 0.15) is 11.5 Å². The molecule has 0 aromatic carbocycles. The summed E-state index contributed by atoms with van der Waals surface area (Å²) < 4.78 is 28.6. The van der Waals surface area contributed by atoms with E-state index in [0.717, 1.165) is 43.4 Å². The molecular weight excluding hydrogens is 500 g/mol. The molecule has 4 rings (SSSR count). The fourth-order valence-corrected chi connectivity index (χ4v) is 5.66. The van der Waals surface area contributed by atoms with E-state index in [4.69, 9.17) is 0 Å². The molecule has 2 atom stereocenters. The van der Waals surface area contributed by atoms with E-state index in [1.54, 1.807) is 18.7 Å². The van der Waals surface area contributed by atoms with Crippen LogP contribution < -0.4 is 10.6 Å². The Morgan fingerprint density at radius 3 is 2.59 bits per heavy atom. The van der Waals surface area contributed by atoms with Gasteiger partial charge in [0.05, 0.1) is 10.5 Å². The summed E-state index contributed by atoms with van der Waals surface area (Å²) in [6.07, 6.45) is 3.31. The molecule has 2 aliphatic rings. The van der Waals surface area contributed by atoms with Crippen LogP contribution in [-0.2, 0) is 0 Å². The average Bonchev–Trinajstić information content (AvgIpc) is 3.44. The van der Waals surface area contributed by atoms with Crippen molar-refractivity contribution in [3.05, 3.63) is 28.5 Å². The normalized spacial score (nSPS) is 18.8. The van der Waals surface area contributed by atoms with E-state index >= 15 is 0 Å². The lowest BCUT2D eigenvalue weighted by Crippen LogP contribution is -2.38. The Bertz CT molecular complexity index is 1150. The molecule has 2 aromatic heterocycles. The maximum Gasteiger partial charge on any atom is 0.280 e. The van der Waals surface area contributed by atoms with Gasteiger partial charge in [0.2, 0.25) is 0 Å². The first-order valence-electron chi connectivity index (χ1n) is 12.9. The maximum absolute atomic E-state index is 14.3. The Kier molecular flexibility index (Phi) is 8.13. The van der Waals surface area contributed by atoms with Crippen molar-refractivity contribution in [2.24, 2.45) is 5.92 Å². The van der Waals surface area contributed by atoms with E-state index in [9.17, 15) is 23.5 Å². The van der Waals surface area contributed by atoms with Gasteiger partial charge in [-0.25, -0.2) is 18.7 Å². The number of alkyl halides is 2. The number of nitrogens with zero attached hydrogens (tertiary/aromatic N) is 3. The van der Waals surface area contributed by atoms with E-state index < -0.39 is 17.9 Å². The molecule has 2 amide bonds. The summed E-state index contributed by atoms with van der Waals surface area (Å²) in [5.74, 6) is -0.0759. The third-order valence-corrected chi connectivity index (χ3v) is 7.99. The number of hydrogen-bond donors (Lipinski definition) is 3. The lowest BCUT2D eigenvalue weighted by molar-refractivity contribution is 0.0692. The number of carbonyl (C=O) groups is 2. The maximum atomic E-state index is 14.3. The molecule has 8 nitrogen and oxygen atoms in total. The molecule has 2 unspecified atom stereocenters. The molecule has 1 aliphatic carbocycles. The van der Waals surface area contributed by atoms with Crippen LogP contribution in [0, 0.1) is 5.92 Å². The van der Waals surface area contributed by atoms with E-state index in [0.29, 0.717) is 18.3 Å². The van der Waals surface area contributed by atoms with Crippen LogP contribution in [0.1, 0.15) is 92.1 Å². The van der Waals surface area contributed by atoms with Gasteiger partial charge in [-0.3, -0.25) is 9.59 Å². The molecule has 2 aromatic rings. The van der Waals surface area contributed by atoms with E-state index in [1.165, 1.54) is 12.3 Å². The lowest BCUT2D eigenvalue weighted by atomic mass is 10.1. The largest absolute Gasteiger partial charge is 0.389 e. The fourth-order valence-electron chi connectivity index (χ4n) is 4.65. The van der Waals surface area contributed by atoms with Crippen molar-refractivity contribution in [2.45, 2.75) is 83.9 Å². The topological polar surface area (TPSA) is 107 Å². The zero-order valence-corrected chi connectivity index (χ0v) is 22.5. The van der Waals surface area contributed by atoms with Crippen LogP contribution in [0.2, 0.25) is 0 Å². The first-order chi connectivity index (χ1) is 17.5.